The van der Waals surface area contributed by atoms with Gasteiger partial charge >= 0.3 is 0 Å². The standard InChI is InChI=1S/C22H22N4O3/c27-21(9-8-17-15-23-26(16-17)19-5-2-1-3-6-19)24-18-10-12-25(13-11-18)22(28)20-7-4-14-29-20/h1-9,14-16,18H,10-13H2,(H,24,27)/b9-8+. The van der Waals surface area contributed by atoms with Crippen LogP contribution in [0.5, 0.6) is 0 Å². The number of para-hydroxylation sites is 1. The van der Waals surface area contributed by atoms with E-state index in [0.717, 1.165) is 24.1 Å². The fourth-order valence-corrected chi connectivity index (χ4v) is 3.35. The molecule has 1 saturated heterocycles. The van der Waals surface area contributed by atoms with Crippen LogP contribution in [-0.4, -0.2) is 45.6 Å². The Labute approximate surface area is 168 Å². The predicted octanol–water partition coefficient (Wildman–Crippen LogP) is 2.90. The largest absolute Gasteiger partial charge is 0.459 e. The molecule has 4 rings (SSSR count). The number of hydrogen-bond acceptors (Lipinski definition) is 4. The molecule has 3 aromatic rings. The number of nitrogens with one attached hydrogen (secondary N) is 1. The van der Waals surface area contributed by atoms with Crippen LogP contribution in [0, 0.1) is 0 Å². The first-order chi connectivity index (χ1) is 14.2. The second kappa shape index (κ2) is 8.60. The lowest BCUT2D eigenvalue weighted by molar-refractivity contribution is -0.117. The van der Waals surface area contributed by atoms with E-state index in [4.69, 9.17) is 4.42 Å². The molecule has 2 amide bonds. The molecule has 0 radical (unpaired) electrons. The topological polar surface area (TPSA) is 80.4 Å². The SMILES string of the molecule is O=C(/C=C/c1cnn(-c2ccccc2)c1)NC1CCN(C(=O)c2ccco2)CC1. The number of amides is 2. The van der Waals surface area contributed by atoms with E-state index in [1.807, 2.05) is 36.5 Å². The fraction of sp³-hybridized carbons (Fsp3) is 0.227. The van der Waals surface area contributed by atoms with E-state index in [2.05, 4.69) is 10.4 Å². The number of likely N-dealkylation sites (tertiary alicyclic amines) is 1. The average molecular weight is 390 g/mol. The minimum Gasteiger partial charge on any atom is -0.459 e. The third-order valence-electron chi connectivity index (χ3n) is 4.91. The van der Waals surface area contributed by atoms with Crippen LogP contribution in [0.4, 0.5) is 0 Å². The van der Waals surface area contributed by atoms with Crippen molar-refractivity contribution in [2.45, 2.75) is 18.9 Å². The first-order valence-corrected chi connectivity index (χ1v) is 9.60. The highest BCUT2D eigenvalue weighted by Gasteiger charge is 2.25. The van der Waals surface area contributed by atoms with Crippen molar-refractivity contribution in [2.24, 2.45) is 0 Å². The van der Waals surface area contributed by atoms with Gasteiger partial charge in [0, 0.05) is 37.0 Å². The minimum absolute atomic E-state index is 0.0554. The van der Waals surface area contributed by atoms with Gasteiger partial charge in [0.15, 0.2) is 5.76 Å². The number of aromatic nitrogens is 2. The summed E-state index contributed by atoms with van der Waals surface area (Å²) >= 11 is 0. The van der Waals surface area contributed by atoms with E-state index < -0.39 is 0 Å². The molecule has 0 unspecified atom stereocenters. The Hall–Kier alpha value is -3.61. The fourth-order valence-electron chi connectivity index (χ4n) is 3.35. The Morgan fingerprint density at radius 3 is 2.62 bits per heavy atom. The highest BCUT2D eigenvalue weighted by Crippen LogP contribution is 2.14. The van der Waals surface area contributed by atoms with E-state index in [1.165, 1.54) is 12.3 Å². The van der Waals surface area contributed by atoms with Crippen molar-refractivity contribution in [3.8, 4) is 5.69 Å². The lowest BCUT2D eigenvalue weighted by Crippen LogP contribution is -2.46. The lowest BCUT2D eigenvalue weighted by Gasteiger charge is -2.31. The molecule has 1 aliphatic heterocycles. The van der Waals surface area contributed by atoms with Crippen LogP contribution in [0.15, 0.2) is 71.6 Å². The molecule has 1 aromatic carbocycles. The summed E-state index contributed by atoms with van der Waals surface area (Å²) in [5.41, 5.74) is 1.82. The molecule has 2 aromatic heterocycles. The summed E-state index contributed by atoms with van der Waals surface area (Å²) in [6, 6.07) is 13.2. The highest BCUT2D eigenvalue weighted by atomic mass is 16.3. The highest BCUT2D eigenvalue weighted by molar-refractivity contribution is 5.92. The zero-order chi connectivity index (χ0) is 20.1. The summed E-state index contributed by atoms with van der Waals surface area (Å²) in [6.07, 6.45) is 9.80. The van der Waals surface area contributed by atoms with Crippen LogP contribution >= 0.6 is 0 Å². The molecule has 7 heteroatoms. The molecule has 0 spiro atoms. The van der Waals surface area contributed by atoms with Gasteiger partial charge in [-0.05, 0) is 43.2 Å². The maximum absolute atomic E-state index is 12.3. The zero-order valence-electron chi connectivity index (χ0n) is 15.9. The Morgan fingerprint density at radius 2 is 1.90 bits per heavy atom. The van der Waals surface area contributed by atoms with Crippen LogP contribution in [-0.2, 0) is 4.79 Å². The van der Waals surface area contributed by atoms with Gasteiger partial charge in [-0.3, -0.25) is 9.59 Å². The number of benzene rings is 1. The van der Waals surface area contributed by atoms with E-state index in [0.29, 0.717) is 18.8 Å². The van der Waals surface area contributed by atoms with Gasteiger partial charge in [0.05, 0.1) is 18.1 Å². The van der Waals surface area contributed by atoms with Gasteiger partial charge in [-0.2, -0.15) is 5.10 Å². The summed E-state index contributed by atoms with van der Waals surface area (Å²) in [7, 11) is 0. The molecule has 29 heavy (non-hydrogen) atoms. The second-order valence-corrected chi connectivity index (χ2v) is 6.94. The maximum Gasteiger partial charge on any atom is 0.289 e. The first-order valence-electron chi connectivity index (χ1n) is 9.60. The van der Waals surface area contributed by atoms with Gasteiger partial charge in [-0.15, -0.1) is 0 Å². The van der Waals surface area contributed by atoms with Gasteiger partial charge in [0.1, 0.15) is 0 Å². The quantitative estimate of drug-likeness (QED) is 0.680. The summed E-state index contributed by atoms with van der Waals surface area (Å²) in [6.45, 7) is 1.19. The van der Waals surface area contributed by atoms with E-state index in [-0.39, 0.29) is 17.9 Å². The van der Waals surface area contributed by atoms with Gasteiger partial charge in [-0.1, -0.05) is 18.2 Å². The van der Waals surface area contributed by atoms with Crippen molar-refractivity contribution in [3.63, 3.8) is 0 Å². The molecule has 1 aliphatic rings. The van der Waals surface area contributed by atoms with Crippen molar-refractivity contribution in [3.05, 3.63) is 78.5 Å². The number of nitrogens with zero attached hydrogens (tertiary/aromatic N) is 3. The smallest absolute Gasteiger partial charge is 0.289 e. The maximum atomic E-state index is 12.3. The molecule has 7 nitrogen and oxygen atoms in total. The summed E-state index contributed by atoms with van der Waals surface area (Å²) < 4.78 is 6.93. The number of piperidine rings is 1. The van der Waals surface area contributed by atoms with Crippen molar-refractivity contribution >= 4 is 17.9 Å². The Bertz CT molecular complexity index is 984. The molecule has 148 valence electrons. The monoisotopic (exact) mass is 390 g/mol. The van der Waals surface area contributed by atoms with E-state index in [9.17, 15) is 9.59 Å². The van der Waals surface area contributed by atoms with Crippen molar-refractivity contribution in [1.29, 1.82) is 0 Å². The molecular weight excluding hydrogens is 368 g/mol. The van der Waals surface area contributed by atoms with Crippen LogP contribution in [0.25, 0.3) is 11.8 Å². The summed E-state index contributed by atoms with van der Waals surface area (Å²) in [5.74, 6) is 0.106. The third-order valence-corrected chi connectivity index (χ3v) is 4.91. The Balaban J connectivity index is 1.26. The molecular formula is C22H22N4O3. The average Bonchev–Trinajstić information content (AvgIpc) is 3.45. The molecule has 1 N–H and O–H groups in total. The van der Waals surface area contributed by atoms with Gasteiger partial charge < -0.3 is 14.6 Å². The number of carbonyl (C=O) groups excluding carboxylic acids is 2. The van der Waals surface area contributed by atoms with Crippen molar-refractivity contribution < 1.29 is 14.0 Å². The van der Waals surface area contributed by atoms with Crippen molar-refractivity contribution in [2.75, 3.05) is 13.1 Å². The summed E-state index contributed by atoms with van der Waals surface area (Å²) in [4.78, 5) is 26.3. The van der Waals surface area contributed by atoms with Crippen molar-refractivity contribution in [1.82, 2.24) is 20.0 Å². The summed E-state index contributed by atoms with van der Waals surface area (Å²) in [5, 5.41) is 7.32. The Morgan fingerprint density at radius 1 is 1.10 bits per heavy atom. The lowest BCUT2D eigenvalue weighted by atomic mass is 10.0. The second-order valence-electron chi connectivity index (χ2n) is 6.94. The van der Waals surface area contributed by atoms with E-state index >= 15 is 0 Å². The van der Waals surface area contributed by atoms with Gasteiger partial charge in [0.2, 0.25) is 5.91 Å². The van der Waals surface area contributed by atoms with Crippen LogP contribution < -0.4 is 5.32 Å². The molecule has 0 atom stereocenters. The third kappa shape index (κ3) is 4.63. The van der Waals surface area contributed by atoms with Gasteiger partial charge in [-0.25, -0.2) is 4.68 Å². The molecule has 0 bridgehead atoms. The molecule has 1 fully saturated rings. The van der Waals surface area contributed by atoms with Crippen LogP contribution in [0.2, 0.25) is 0 Å². The zero-order valence-corrected chi connectivity index (χ0v) is 15.9. The van der Waals surface area contributed by atoms with Crippen LogP contribution in [0.1, 0.15) is 29.0 Å². The van der Waals surface area contributed by atoms with Gasteiger partial charge in [0.25, 0.3) is 5.91 Å². The molecule has 0 saturated carbocycles. The van der Waals surface area contributed by atoms with E-state index in [1.54, 1.807) is 34.0 Å². The Kier molecular flexibility index (Phi) is 5.56. The molecule has 3 heterocycles. The number of carbonyl (C=O) groups is 2. The molecule has 0 aliphatic carbocycles. The first kappa shape index (κ1) is 18.7. The predicted molar refractivity (Wildman–Crippen MR) is 108 cm³/mol. The number of furan rings is 1. The van der Waals surface area contributed by atoms with Crippen LogP contribution in [0.3, 0.4) is 0 Å². The normalized spacial score (nSPS) is 15.0. The number of hydrogen-bond donors (Lipinski definition) is 1. The minimum atomic E-state index is -0.145. The number of rotatable bonds is 5.